The molecular weight excluding hydrogens is 188 g/mol. The lowest BCUT2D eigenvalue weighted by molar-refractivity contribution is -0.133. The van der Waals surface area contributed by atoms with Crippen LogP contribution in [0.25, 0.3) is 0 Å². The normalized spacial score (nSPS) is 26.3. The summed E-state index contributed by atoms with van der Waals surface area (Å²) in [7, 11) is 0. The second kappa shape index (κ2) is 4.25. The lowest BCUT2D eigenvalue weighted by Gasteiger charge is -2.14. The van der Waals surface area contributed by atoms with Gasteiger partial charge in [-0.15, -0.1) is 0 Å². The molecule has 1 fully saturated rings. The van der Waals surface area contributed by atoms with Gasteiger partial charge in [0.25, 0.3) is 5.91 Å². The van der Waals surface area contributed by atoms with Gasteiger partial charge >= 0.3 is 6.09 Å². The summed E-state index contributed by atoms with van der Waals surface area (Å²) in [6.45, 7) is 0.430. The third-order valence-corrected chi connectivity index (χ3v) is 2.10. The second-order valence-electron chi connectivity index (χ2n) is 3.23. The number of carbonyl (C=O) groups is 2. The van der Waals surface area contributed by atoms with E-state index < -0.39 is 6.09 Å². The molecule has 6 N–H and O–H groups in total. The largest absolute Gasteiger partial charge is 0.440 e. The van der Waals surface area contributed by atoms with E-state index >= 15 is 0 Å². The molecule has 0 aliphatic carbocycles. The van der Waals surface area contributed by atoms with Crippen molar-refractivity contribution in [2.24, 2.45) is 17.2 Å². The number of rotatable bonds is 2. The molecule has 1 heterocycles. The molecule has 0 saturated carbocycles. The van der Waals surface area contributed by atoms with Crippen LogP contribution < -0.4 is 17.2 Å². The molecule has 1 aliphatic heterocycles. The van der Waals surface area contributed by atoms with Crippen LogP contribution in [0.1, 0.15) is 0 Å². The fourth-order valence-corrected chi connectivity index (χ4v) is 1.28. The number of hydrogen-bond donors (Lipinski definition) is 3. The van der Waals surface area contributed by atoms with Gasteiger partial charge in [-0.1, -0.05) is 0 Å². The number of nitrogens with two attached hydrogens (primary N) is 3. The second-order valence-corrected chi connectivity index (χ2v) is 3.23. The van der Waals surface area contributed by atoms with Crippen LogP contribution in [0, 0.1) is 0 Å². The van der Waals surface area contributed by atoms with Gasteiger partial charge < -0.3 is 26.8 Å². The third-order valence-electron chi connectivity index (χ3n) is 2.10. The Morgan fingerprint density at radius 1 is 1.29 bits per heavy atom. The molecule has 7 heteroatoms. The molecule has 2 unspecified atom stereocenters. The zero-order valence-electron chi connectivity index (χ0n) is 7.68. The average molecular weight is 202 g/mol. The lowest BCUT2D eigenvalue weighted by Crippen LogP contribution is -2.39. The zero-order chi connectivity index (χ0) is 10.7. The Balaban J connectivity index is 2.36. The molecule has 0 aromatic heterocycles. The maximum Gasteiger partial charge on any atom is 0.405 e. The van der Waals surface area contributed by atoms with Crippen LogP contribution in [0.2, 0.25) is 0 Å². The quantitative estimate of drug-likeness (QED) is 0.459. The summed E-state index contributed by atoms with van der Waals surface area (Å²) in [5.41, 5.74) is 15.9. The Hall–Kier alpha value is -1.34. The van der Waals surface area contributed by atoms with Crippen molar-refractivity contribution in [3.05, 3.63) is 0 Å². The topological polar surface area (TPSA) is 125 Å². The molecule has 1 rings (SSSR count). The number of primary amides is 1. The van der Waals surface area contributed by atoms with E-state index in [2.05, 4.69) is 4.74 Å². The number of nitrogens with zero attached hydrogens (tertiary/aromatic N) is 1. The van der Waals surface area contributed by atoms with Crippen LogP contribution in [-0.2, 0) is 9.53 Å². The van der Waals surface area contributed by atoms with Gasteiger partial charge in [0, 0.05) is 25.2 Å². The molecule has 0 spiro atoms. The SMILES string of the molecule is NC(=O)OCC(=O)N1CC(N)C(N)C1. The molecule has 14 heavy (non-hydrogen) atoms. The molecular formula is C7H14N4O3. The van der Waals surface area contributed by atoms with Crippen molar-refractivity contribution in [1.29, 1.82) is 0 Å². The fraction of sp³-hybridized carbons (Fsp3) is 0.714. The first kappa shape index (κ1) is 10.7. The van der Waals surface area contributed by atoms with E-state index in [9.17, 15) is 9.59 Å². The van der Waals surface area contributed by atoms with Crippen molar-refractivity contribution in [2.45, 2.75) is 12.1 Å². The molecule has 0 aromatic carbocycles. The van der Waals surface area contributed by atoms with E-state index in [1.807, 2.05) is 0 Å². The number of amides is 2. The summed E-state index contributed by atoms with van der Waals surface area (Å²) < 4.78 is 4.35. The van der Waals surface area contributed by atoms with Gasteiger partial charge in [-0.05, 0) is 0 Å². The molecule has 2 amide bonds. The fourth-order valence-electron chi connectivity index (χ4n) is 1.28. The van der Waals surface area contributed by atoms with Crippen LogP contribution in [0.4, 0.5) is 4.79 Å². The van der Waals surface area contributed by atoms with E-state index in [4.69, 9.17) is 17.2 Å². The monoisotopic (exact) mass is 202 g/mol. The van der Waals surface area contributed by atoms with E-state index in [-0.39, 0.29) is 24.6 Å². The first-order valence-electron chi connectivity index (χ1n) is 4.22. The number of hydrogen-bond acceptors (Lipinski definition) is 5. The van der Waals surface area contributed by atoms with Gasteiger partial charge in [-0.25, -0.2) is 4.79 Å². The summed E-state index contributed by atoms with van der Waals surface area (Å²) in [5.74, 6) is -0.327. The van der Waals surface area contributed by atoms with Crippen LogP contribution in [0.15, 0.2) is 0 Å². The van der Waals surface area contributed by atoms with Crippen molar-refractivity contribution in [3.63, 3.8) is 0 Å². The number of ether oxygens (including phenoxy) is 1. The molecule has 0 aromatic rings. The van der Waals surface area contributed by atoms with Crippen LogP contribution in [0.5, 0.6) is 0 Å². The molecule has 80 valence electrons. The Morgan fingerprint density at radius 3 is 2.21 bits per heavy atom. The Morgan fingerprint density at radius 2 is 1.79 bits per heavy atom. The van der Waals surface area contributed by atoms with E-state index in [1.165, 1.54) is 4.90 Å². The minimum absolute atomic E-state index is 0.215. The van der Waals surface area contributed by atoms with Gasteiger partial charge in [0.1, 0.15) is 0 Å². The number of carbonyl (C=O) groups excluding carboxylic acids is 2. The number of likely N-dealkylation sites (tertiary alicyclic amines) is 1. The third kappa shape index (κ3) is 2.57. The van der Waals surface area contributed by atoms with Crippen molar-refractivity contribution >= 4 is 12.0 Å². The van der Waals surface area contributed by atoms with Crippen molar-refractivity contribution in [2.75, 3.05) is 19.7 Å². The molecule has 2 atom stereocenters. The minimum atomic E-state index is -0.967. The molecule has 1 aliphatic rings. The molecule has 1 saturated heterocycles. The van der Waals surface area contributed by atoms with Gasteiger partial charge in [0.2, 0.25) is 0 Å². The molecule has 0 radical (unpaired) electrons. The summed E-state index contributed by atoms with van der Waals surface area (Å²) in [6.07, 6.45) is -0.967. The van der Waals surface area contributed by atoms with Crippen molar-refractivity contribution in [3.8, 4) is 0 Å². The van der Waals surface area contributed by atoms with Crippen molar-refractivity contribution in [1.82, 2.24) is 4.90 Å². The van der Waals surface area contributed by atoms with Crippen LogP contribution >= 0.6 is 0 Å². The Bertz CT molecular complexity index is 235. The van der Waals surface area contributed by atoms with Gasteiger partial charge in [-0.3, -0.25) is 4.79 Å². The predicted octanol–water partition coefficient (Wildman–Crippen LogP) is -2.42. The van der Waals surface area contributed by atoms with Crippen molar-refractivity contribution < 1.29 is 14.3 Å². The maximum absolute atomic E-state index is 11.3. The molecule has 0 bridgehead atoms. The van der Waals surface area contributed by atoms with Crippen LogP contribution in [0.3, 0.4) is 0 Å². The summed E-state index contributed by atoms with van der Waals surface area (Å²) in [4.78, 5) is 23.0. The van der Waals surface area contributed by atoms with E-state index in [1.54, 1.807) is 0 Å². The molecule has 7 nitrogen and oxygen atoms in total. The smallest absolute Gasteiger partial charge is 0.405 e. The van der Waals surface area contributed by atoms with Gasteiger partial charge in [-0.2, -0.15) is 0 Å². The maximum atomic E-state index is 11.3. The Kier molecular flexibility index (Phi) is 3.26. The summed E-state index contributed by atoms with van der Waals surface area (Å²) >= 11 is 0. The van der Waals surface area contributed by atoms with E-state index in [0.717, 1.165) is 0 Å². The first-order chi connectivity index (χ1) is 6.50. The Labute approximate surface area is 81.1 Å². The highest BCUT2D eigenvalue weighted by atomic mass is 16.5. The van der Waals surface area contributed by atoms with E-state index in [0.29, 0.717) is 13.1 Å². The average Bonchev–Trinajstić information content (AvgIpc) is 2.43. The van der Waals surface area contributed by atoms with Gasteiger partial charge in [0.05, 0.1) is 0 Å². The first-order valence-corrected chi connectivity index (χ1v) is 4.22. The van der Waals surface area contributed by atoms with Crippen LogP contribution in [-0.4, -0.2) is 48.7 Å². The lowest BCUT2D eigenvalue weighted by atomic mass is 10.2. The summed E-state index contributed by atoms with van der Waals surface area (Å²) in [5, 5.41) is 0. The predicted molar refractivity (Wildman–Crippen MR) is 48.1 cm³/mol. The minimum Gasteiger partial charge on any atom is -0.440 e. The summed E-state index contributed by atoms with van der Waals surface area (Å²) in [6, 6.07) is -0.431. The zero-order valence-corrected chi connectivity index (χ0v) is 7.68. The highest BCUT2D eigenvalue weighted by molar-refractivity contribution is 5.80. The standard InChI is InChI=1S/C7H14N4O3/c8-4-1-11(2-5(4)9)6(12)3-14-7(10)13/h4-5H,1-3,8-9H2,(H2,10,13). The van der Waals surface area contributed by atoms with Gasteiger partial charge in [0.15, 0.2) is 6.61 Å². The highest BCUT2D eigenvalue weighted by Gasteiger charge is 2.30. The highest BCUT2D eigenvalue weighted by Crippen LogP contribution is 2.06.